The van der Waals surface area contributed by atoms with E-state index in [0.717, 1.165) is 24.2 Å². The van der Waals surface area contributed by atoms with Crippen LogP contribution in [0.4, 0.5) is 0 Å². The van der Waals surface area contributed by atoms with Crippen LogP contribution in [0, 0.1) is 23.2 Å². The molecule has 4 bridgehead atoms. The third kappa shape index (κ3) is 2.73. The highest BCUT2D eigenvalue weighted by Gasteiger charge is 2.53. The molecule has 0 spiro atoms. The smallest absolute Gasteiger partial charge is 0.00980 e. The molecule has 0 saturated heterocycles. The van der Waals surface area contributed by atoms with Crippen molar-refractivity contribution in [3.05, 3.63) is 35.9 Å². The van der Waals surface area contributed by atoms with E-state index in [1.165, 1.54) is 24.8 Å². The minimum Gasteiger partial charge on any atom is -0.311 e. The Morgan fingerprint density at radius 1 is 0.955 bits per heavy atom. The molecule has 1 heteroatoms. The highest BCUT2D eigenvalue weighted by Crippen LogP contribution is 2.61. The SMILES string of the molecule is CC(Cc1ccccc1)NC(C)C12CC3CC(CC(C3)C1)C2. The van der Waals surface area contributed by atoms with Gasteiger partial charge in [0.15, 0.2) is 0 Å². The normalized spacial score (nSPS) is 38.9. The Kier molecular flexibility index (Phi) is 3.80. The molecule has 4 saturated carbocycles. The lowest BCUT2D eigenvalue weighted by molar-refractivity contribution is -0.0718. The first-order chi connectivity index (χ1) is 10.6. The van der Waals surface area contributed by atoms with Crippen LogP contribution in [0.5, 0.6) is 0 Å². The van der Waals surface area contributed by atoms with Crippen LogP contribution in [-0.4, -0.2) is 12.1 Å². The van der Waals surface area contributed by atoms with Gasteiger partial charge in [-0.2, -0.15) is 0 Å². The van der Waals surface area contributed by atoms with Gasteiger partial charge >= 0.3 is 0 Å². The minimum atomic E-state index is 0.574. The van der Waals surface area contributed by atoms with Gasteiger partial charge in [0.05, 0.1) is 0 Å². The van der Waals surface area contributed by atoms with Gasteiger partial charge in [-0.05, 0) is 87.5 Å². The molecular weight excluding hydrogens is 266 g/mol. The molecule has 1 aromatic rings. The average molecular weight is 297 g/mol. The predicted molar refractivity (Wildman–Crippen MR) is 92.8 cm³/mol. The summed E-state index contributed by atoms with van der Waals surface area (Å²) in [5, 5.41) is 3.99. The van der Waals surface area contributed by atoms with Crippen LogP contribution in [0.3, 0.4) is 0 Å². The van der Waals surface area contributed by atoms with E-state index in [1.807, 2.05) is 0 Å². The molecule has 120 valence electrons. The van der Waals surface area contributed by atoms with Crippen LogP contribution >= 0.6 is 0 Å². The van der Waals surface area contributed by atoms with Crippen LogP contribution < -0.4 is 5.32 Å². The maximum Gasteiger partial charge on any atom is 0.00980 e. The van der Waals surface area contributed by atoms with Crippen molar-refractivity contribution in [1.82, 2.24) is 5.32 Å². The number of rotatable bonds is 5. The Morgan fingerprint density at radius 3 is 2.05 bits per heavy atom. The molecule has 1 nitrogen and oxygen atoms in total. The molecule has 4 aliphatic carbocycles. The summed E-state index contributed by atoms with van der Waals surface area (Å²) in [6, 6.07) is 12.2. The van der Waals surface area contributed by atoms with E-state index in [0.29, 0.717) is 17.5 Å². The molecule has 0 aromatic heterocycles. The first kappa shape index (κ1) is 14.8. The highest BCUT2D eigenvalue weighted by molar-refractivity contribution is 5.16. The summed E-state index contributed by atoms with van der Waals surface area (Å²) >= 11 is 0. The summed E-state index contributed by atoms with van der Waals surface area (Å²) in [5.41, 5.74) is 2.08. The van der Waals surface area contributed by atoms with Gasteiger partial charge in [-0.3, -0.25) is 0 Å². The molecule has 0 radical (unpaired) electrons. The third-order valence-corrected chi connectivity index (χ3v) is 6.92. The molecular formula is C21H31N. The van der Waals surface area contributed by atoms with E-state index in [4.69, 9.17) is 0 Å². The standard InChI is InChI=1S/C21H31N/c1-15(8-17-6-4-3-5-7-17)22-16(2)21-12-18-9-19(13-21)11-20(10-18)14-21/h3-7,15-16,18-20,22H,8-14H2,1-2H3. The Balaban J connectivity index is 1.40. The topological polar surface area (TPSA) is 12.0 Å². The quantitative estimate of drug-likeness (QED) is 0.822. The second kappa shape index (κ2) is 5.67. The maximum atomic E-state index is 3.99. The molecule has 1 N–H and O–H groups in total. The first-order valence-electron chi connectivity index (χ1n) is 9.43. The summed E-state index contributed by atoms with van der Waals surface area (Å²) < 4.78 is 0. The van der Waals surface area contributed by atoms with Gasteiger partial charge in [-0.25, -0.2) is 0 Å². The molecule has 5 rings (SSSR count). The number of hydrogen-bond acceptors (Lipinski definition) is 1. The Morgan fingerprint density at radius 2 is 1.50 bits per heavy atom. The van der Waals surface area contributed by atoms with Crippen LogP contribution in [0.2, 0.25) is 0 Å². The van der Waals surface area contributed by atoms with Gasteiger partial charge in [0.1, 0.15) is 0 Å². The Labute approximate surface area is 135 Å². The highest BCUT2D eigenvalue weighted by atomic mass is 15.0. The van der Waals surface area contributed by atoms with Gasteiger partial charge in [-0.15, -0.1) is 0 Å². The number of hydrogen-bond donors (Lipinski definition) is 1. The molecule has 0 amide bonds. The zero-order valence-electron chi connectivity index (χ0n) is 14.2. The second-order valence-electron chi connectivity index (χ2n) is 8.76. The van der Waals surface area contributed by atoms with Crippen molar-refractivity contribution in [3.63, 3.8) is 0 Å². The predicted octanol–water partition coefficient (Wildman–Crippen LogP) is 4.81. The van der Waals surface area contributed by atoms with Crippen molar-refractivity contribution in [2.75, 3.05) is 0 Å². The summed E-state index contributed by atoms with van der Waals surface area (Å²) in [7, 11) is 0. The molecule has 1 aromatic carbocycles. The van der Waals surface area contributed by atoms with Crippen LogP contribution in [-0.2, 0) is 6.42 Å². The van der Waals surface area contributed by atoms with E-state index >= 15 is 0 Å². The van der Waals surface area contributed by atoms with Gasteiger partial charge in [0.2, 0.25) is 0 Å². The molecule has 2 unspecified atom stereocenters. The van der Waals surface area contributed by atoms with E-state index in [2.05, 4.69) is 49.5 Å². The fraction of sp³-hybridized carbons (Fsp3) is 0.714. The lowest BCUT2D eigenvalue weighted by atomic mass is 9.48. The summed E-state index contributed by atoms with van der Waals surface area (Å²) in [6.07, 6.45) is 10.3. The van der Waals surface area contributed by atoms with Gasteiger partial charge in [-0.1, -0.05) is 30.3 Å². The fourth-order valence-corrected chi connectivity index (χ4v) is 6.34. The largest absolute Gasteiger partial charge is 0.311 e. The maximum absolute atomic E-state index is 3.99. The summed E-state index contributed by atoms with van der Waals surface area (Å²) in [4.78, 5) is 0. The molecule has 22 heavy (non-hydrogen) atoms. The molecule has 0 aliphatic heterocycles. The van der Waals surface area contributed by atoms with Crippen molar-refractivity contribution in [2.24, 2.45) is 23.2 Å². The molecule has 0 heterocycles. The lowest BCUT2D eigenvalue weighted by Crippen LogP contribution is -2.56. The van der Waals surface area contributed by atoms with Crippen molar-refractivity contribution >= 4 is 0 Å². The van der Waals surface area contributed by atoms with E-state index in [-0.39, 0.29) is 0 Å². The number of nitrogens with one attached hydrogen (secondary N) is 1. The summed E-state index contributed by atoms with van der Waals surface area (Å²) in [6.45, 7) is 4.85. The van der Waals surface area contributed by atoms with Crippen molar-refractivity contribution in [2.45, 2.75) is 70.9 Å². The molecule has 4 fully saturated rings. The van der Waals surface area contributed by atoms with Gasteiger partial charge < -0.3 is 5.32 Å². The zero-order valence-corrected chi connectivity index (χ0v) is 14.2. The van der Waals surface area contributed by atoms with E-state index in [9.17, 15) is 0 Å². The van der Waals surface area contributed by atoms with Crippen LogP contribution in [0.1, 0.15) is 57.9 Å². The fourth-order valence-electron chi connectivity index (χ4n) is 6.34. The van der Waals surface area contributed by atoms with Crippen LogP contribution in [0.25, 0.3) is 0 Å². The third-order valence-electron chi connectivity index (χ3n) is 6.92. The average Bonchev–Trinajstić information content (AvgIpc) is 2.46. The van der Waals surface area contributed by atoms with Crippen molar-refractivity contribution < 1.29 is 0 Å². The van der Waals surface area contributed by atoms with E-state index in [1.54, 1.807) is 19.3 Å². The monoisotopic (exact) mass is 297 g/mol. The van der Waals surface area contributed by atoms with Crippen molar-refractivity contribution in [3.8, 4) is 0 Å². The van der Waals surface area contributed by atoms with Crippen LogP contribution in [0.15, 0.2) is 30.3 Å². The number of benzene rings is 1. The second-order valence-corrected chi connectivity index (χ2v) is 8.76. The molecule has 2 atom stereocenters. The zero-order chi connectivity index (χ0) is 15.2. The lowest BCUT2D eigenvalue weighted by Gasteiger charge is -2.59. The van der Waals surface area contributed by atoms with E-state index < -0.39 is 0 Å². The van der Waals surface area contributed by atoms with Crippen molar-refractivity contribution in [1.29, 1.82) is 0 Å². The molecule has 4 aliphatic rings. The Hall–Kier alpha value is -0.820. The van der Waals surface area contributed by atoms with Gasteiger partial charge in [0.25, 0.3) is 0 Å². The summed E-state index contributed by atoms with van der Waals surface area (Å²) in [5.74, 6) is 3.17. The first-order valence-corrected chi connectivity index (χ1v) is 9.43. The Bertz CT molecular complexity index is 471. The minimum absolute atomic E-state index is 0.574. The van der Waals surface area contributed by atoms with Gasteiger partial charge in [0, 0.05) is 12.1 Å².